The van der Waals surface area contributed by atoms with Gasteiger partial charge in [-0.1, -0.05) is 101 Å². The van der Waals surface area contributed by atoms with Gasteiger partial charge in [-0.25, -0.2) is 4.79 Å². The Bertz CT molecular complexity index is 3710. The van der Waals surface area contributed by atoms with E-state index < -0.39 is 230 Å². The molecule has 0 aliphatic carbocycles. The van der Waals surface area contributed by atoms with Crippen molar-refractivity contribution in [2.75, 3.05) is 57.4 Å². The molecule has 0 aliphatic heterocycles. The van der Waals surface area contributed by atoms with Crippen molar-refractivity contribution in [2.45, 2.75) is 184 Å². The predicted octanol–water partition coefficient (Wildman–Crippen LogP) is -8.85. The van der Waals surface area contributed by atoms with Crippen LogP contribution in [0.25, 0.3) is 0 Å². The van der Waals surface area contributed by atoms with Gasteiger partial charge in [0.1, 0.15) is 78.5 Å². The van der Waals surface area contributed by atoms with E-state index in [1.54, 1.807) is 81.4 Å². The van der Waals surface area contributed by atoms with Crippen molar-refractivity contribution < 1.29 is 97.1 Å². The number of hydrogen-bond acceptors (Lipinski definition) is 24. The highest BCUT2D eigenvalue weighted by molar-refractivity contribution is 7.80. The molecule has 32 N–H and O–H groups in total. The molecule has 46 heteroatoms. The van der Waals surface area contributed by atoms with Crippen molar-refractivity contribution in [3.63, 3.8) is 0 Å². The maximum Gasteiger partial charge on any atom is 0.326 e. The fourth-order valence-electron chi connectivity index (χ4n) is 10.8. The lowest BCUT2D eigenvalue weighted by Gasteiger charge is -2.30. The van der Waals surface area contributed by atoms with E-state index in [4.69, 9.17) is 44.3 Å². The predicted molar refractivity (Wildman–Crippen MR) is 431 cm³/mol. The zero-order valence-electron chi connectivity index (χ0n) is 65.6. The van der Waals surface area contributed by atoms with Crippen LogP contribution in [0.2, 0.25) is 0 Å². The molecule has 2 rings (SSSR count). The Hall–Kier alpha value is -11.7. The molecule has 117 heavy (non-hydrogen) atoms. The summed E-state index contributed by atoms with van der Waals surface area (Å²) >= 11 is 8.38. The number of guanidine groups is 3. The second-order valence-electron chi connectivity index (χ2n) is 27.2. The number of aliphatic hydroxyl groups is 2. The minimum Gasteiger partial charge on any atom is -0.481 e. The molecule has 14 amide bonds. The summed E-state index contributed by atoms with van der Waals surface area (Å²) in [7, 11) is 0. The molecule has 0 saturated heterocycles. The molecule has 15 atom stereocenters. The highest BCUT2D eigenvalue weighted by Gasteiger charge is 2.39. The number of thiol groups is 2. The molecule has 0 fully saturated rings. The average molecular weight is 1690 g/mol. The van der Waals surface area contributed by atoms with Gasteiger partial charge >= 0.3 is 11.9 Å². The first-order valence-corrected chi connectivity index (χ1v) is 38.7. The van der Waals surface area contributed by atoms with E-state index in [9.17, 15) is 92.0 Å². The molecule has 2 aromatic rings. The Labute approximate surface area is 686 Å². The average Bonchev–Trinajstić information content (AvgIpc) is 0.844. The fourth-order valence-corrected chi connectivity index (χ4v) is 11.3. The van der Waals surface area contributed by atoms with Crippen LogP contribution in [0.15, 0.2) is 60.7 Å². The van der Waals surface area contributed by atoms with Crippen molar-refractivity contribution in [3.05, 3.63) is 71.8 Å². The van der Waals surface area contributed by atoms with Crippen LogP contribution in [-0.2, 0) is 89.6 Å². The van der Waals surface area contributed by atoms with Crippen LogP contribution in [0.3, 0.4) is 0 Å². The summed E-state index contributed by atoms with van der Waals surface area (Å²) in [5.74, 6) is -20.5. The highest BCUT2D eigenvalue weighted by atomic mass is 32.1. The van der Waals surface area contributed by atoms with Crippen LogP contribution in [0.4, 0.5) is 0 Å². The largest absolute Gasteiger partial charge is 0.481 e. The zero-order chi connectivity index (χ0) is 88.0. The molecule has 44 nitrogen and oxygen atoms in total. The van der Waals surface area contributed by atoms with Gasteiger partial charge in [0.2, 0.25) is 82.7 Å². The third-order valence-electron chi connectivity index (χ3n) is 17.9. The number of carbonyl (C=O) groups is 16. The Morgan fingerprint density at radius 2 is 0.735 bits per heavy atom. The Balaban J connectivity index is 2.39. The number of benzene rings is 2. The van der Waals surface area contributed by atoms with Crippen molar-refractivity contribution >= 4 is 138 Å². The smallest absolute Gasteiger partial charge is 0.326 e. The highest BCUT2D eigenvalue weighted by Crippen LogP contribution is 2.15. The fraction of sp³-hybridized carbons (Fsp3) is 0.563. The summed E-state index contributed by atoms with van der Waals surface area (Å²) in [6, 6.07) is -3.27. The van der Waals surface area contributed by atoms with Crippen molar-refractivity contribution in [1.82, 2.24) is 90.4 Å². The molecule has 0 radical (unpaired) electrons. The maximum absolute atomic E-state index is 14.5. The van der Waals surface area contributed by atoms with Gasteiger partial charge in [-0.2, -0.15) is 25.3 Å². The SMILES string of the molecule is CC[C@H](C)[C@H](NC(=O)[C@@H](CCCNC(=N)N)NC(=O)CNC(=O)CNC(=O)[C@H](Cc1ccccc1)NC(=O)[C@@H](C)NC(=O)[C@H](CS)NC(=O)[C@H](CO)NC(=O)[C@@H](N)CO)C(=O)N[C@@H](CC(=O)O)C(=O)N[C@H](CCCNC(=N)N)C(=O)N[C@H](C(=O)N[C@@H](CS)C(=O)N[C@@H](Cc1ccccc1)C(=O)N[C@@H](CCCNC(=N)N)C(=O)O)[C@@H](C)CC. The van der Waals surface area contributed by atoms with E-state index in [1.165, 1.54) is 13.8 Å². The normalized spacial score (nSPS) is 14.7. The monoisotopic (exact) mass is 1690 g/mol. The summed E-state index contributed by atoms with van der Waals surface area (Å²) in [4.78, 5) is 217. The van der Waals surface area contributed by atoms with Gasteiger partial charge in [0.15, 0.2) is 17.9 Å². The van der Waals surface area contributed by atoms with Gasteiger partial charge in [-0.3, -0.25) is 88.1 Å². The van der Waals surface area contributed by atoms with Crippen LogP contribution >= 0.6 is 25.3 Å². The van der Waals surface area contributed by atoms with Gasteiger partial charge in [-0.15, -0.1) is 0 Å². The summed E-state index contributed by atoms with van der Waals surface area (Å²) < 4.78 is 0. The van der Waals surface area contributed by atoms with Crippen molar-refractivity contribution in [1.29, 1.82) is 16.2 Å². The lowest BCUT2D eigenvalue weighted by Crippen LogP contribution is -2.62. The van der Waals surface area contributed by atoms with E-state index >= 15 is 0 Å². The second kappa shape index (κ2) is 54.2. The molecule has 0 heterocycles. The second-order valence-corrected chi connectivity index (χ2v) is 27.9. The molecule has 0 unspecified atom stereocenters. The maximum atomic E-state index is 14.5. The number of carbonyl (C=O) groups excluding carboxylic acids is 14. The number of amides is 14. The molecule has 0 saturated carbocycles. The van der Waals surface area contributed by atoms with E-state index in [1.807, 2.05) is 0 Å². The number of nitrogens with one attached hydrogen (secondary N) is 20. The third kappa shape index (κ3) is 39.0. The Morgan fingerprint density at radius 3 is 1.16 bits per heavy atom. The Kier molecular flexibility index (Phi) is 47.0. The minimum atomic E-state index is -2.00. The zero-order valence-corrected chi connectivity index (χ0v) is 67.4. The number of aliphatic carboxylic acids is 2. The van der Waals surface area contributed by atoms with E-state index in [0.717, 1.165) is 0 Å². The number of nitrogens with two attached hydrogens (primary N) is 4. The van der Waals surface area contributed by atoms with Gasteiger partial charge in [-0.05, 0) is 68.4 Å². The molecular weight excluding hydrogens is 1570 g/mol. The molecule has 0 spiro atoms. The van der Waals surface area contributed by atoms with Gasteiger partial charge in [0.25, 0.3) is 0 Å². The van der Waals surface area contributed by atoms with Gasteiger partial charge in [0, 0.05) is 44.0 Å². The summed E-state index contributed by atoms with van der Waals surface area (Å²) in [5.41, 5.74) is 22.8. The topological polar surface area (TPSA) is 734 Å². The lowest BCUT2D eigenvalue weighted by atomic mass is 9.96. The number of rotatable bonds is 55. The number of carboxylic acids is 2. The molecule has 0 aromatic heterocycles. The first-order chi connectivity index (χ1) is 55.3. The van der Waals surface area contributed by atoms with E-state index in [-0.39, 0.29) is 101 Å². The number of carboxylic acid groups (broad SMARTS) is 2. The third-order valence-corrected chi connectivity index (χ3v) is 18.6. The first-order valence-electron chi connectivity index (χ1n) is 37.5. The molecule has 650 valence electrons. The first kappa shape index (κ1) is 101. The van der Waals surface area contributed by atoms with Crippen LogP contribution < -0.4 is 113 Å². The van der Waals surface area contributed by atoms with Crippen LogP contribution in [0.1, 0.15) is 104 Å². The quantitative estimate of drug-likeness (QED) is 0.0127. The van der Waals surface area contributed by atoms with Crippen LogP contribution in [0, 0.1) is 28.1 Å². The van der Waals surface area contributed by atoms with E-state index in [2.05, 4.69) is 116 Å². The van der Waals surface area contributed by atoms with Crippen LogP contribution in [-0.4, -0.2) is 269 Å². The number of hydrogen-bond donors (Lipinski definition) is 30. The standard InChI is InChI=1S/C71H114N24O20S2/c1-6-36(3)54(94-59(105)42(21-14-24-79-69(73)74)85-52(99)31-82-51(98)30-83-58(104)45(27-39-17-10-8-11-18-39)88-56(102)38(5)84-64(110)49(34-116)92-63(109)48(33-97)91-57(103)41(72)32-96)66(112)90-47(29-53(100)101)62(108)86-43(22-15-25-80-70(75)76)60(106)95-55(37(4)7-2)67(113)93-50(35-117)65(111)89-46(28-40-19-12-9-13-20-40)61(107)87-44(68(114)115)23-16-26-81-71(77)78/h8-13,17-20,36-38,41-50,54-55,96-97,116-117H,6-7,14-16,21-35,72H2,1-5H3,(H,82,98)(H,83,104)(H,84,110)(H,85,99)(H,86,108)(H,87,107)(H,88,102)(H,89,111)(H,90,112)(H,91,103)(H,92,109)(H,93,113)(H,94,105)(H,95,106)(H,100,101)(H,114,115)(H4,73,74,79)(H4,75,76,80)(H4,77,78,81)/t36-,37-,38+,41-,42+,43+,44-,45-,46-,47-,48-,49-,50-,54-,55-/m0/s1. The molecule has 0 bridgehead atoms. The van der Waals surface area contributed by atoms with Crippen molar-refractivity contribution in [3.8, 4) is 0 Å². The number of aliphatic hydroxyl groups excluding tert-OH is 2. The van der Waals surface area contributed by atoms with Crippen molar-refractivity contribution in [2.24, 2.45) is 34.8 Å². The molecule has 0 aliphatic rings. The van der Waals surface area contributed by atoms with Gasteiger partial charge < -0.3 is 134 Å². The minimum absolute atomic E-state index is 0.0140. The summed E-state index contributed by atoms with van der Waals surface area (Å²) in [6.45, 7) is 4.38. The molecule has 2 aromatic carbocycles. The lowest BCUT2D eigenvalue weighted by molar-refractivity contribution is -0.142. The molecular formula is C71H114N24O20S2. The Morgan fingerprint density at radius 1 is 0.385 bits per heavy atom. The van der Waals surface area contributed by atoms with Gasteiger partial charge in [0.05, 0.1) is 32.7 Å². The van der Waals surface area contributed by atoms with Crippen LogP contribution in [0.5, 0.6) is 0 Å². The summed E-state index contributed by atoms with van der Waals surface area (Å²) in [5, 5.41) is 103. The van der Waals surface area contributed by atoms with E-state index in [0.29, 0.717) is 11.1 Å². The summed E-state index contributed by atoms with van der Waals surface area (Å²) in [6.07, 6.45) is -1.46.